The van der Waals surface area contributed by atoms with Gasteiger partial charge in [0.05, 0.1) is 47.4 Å². The van der Waals surface area contributed by atoms with Crippen LogP contribution >= 0.6 is 0 Å². The molecule has 0 fully saturated rings. The summed E-state index contributed by atoms with van der Waals surface area (Å²) in [7, 11) is 0. The second-order valence-electron chi connectivity index (χ2n) is 16.0. The SMILES string of the molecule is [C-]#[N+]c1ccc2c(c1)c1c3ccccc3cc3c1n2-c1cc(-c2c(C#N)cc(-c4ccccc4)cc2[N+]#[C-])cc2c1B3c1cc3ccccc3c3c4cc(C#N)ccc4n-2c13. The minimum absolute atomic E-state index is 0.195. The maximum absolute atomic E-state index is 10.9. The molecule has 7 heteroatoms. The molecule has 2 aliphatic heterocycles. The number of benzene rings is 9. The number of fused-ring (bicyclic) bond motifs is 14. The van der Waals surface area contributed by atoms with Gasteiger partial charge < -0.3 is 9.13 Å². The highest BCUT2D eigenvalue weighted by Gasteiger charge is 2.42. The summed E-state index contributed by atoms with van der Waals surface area (Å²) in [6.45, 7) is 16.3. The molecular weight excluding hydrogens is 743 g/mol. The van der Waals surface area contributed by atoms with Gasteiger partial charge in [-0.3, -0.25) is 0 Å². The molecule has 0 saturated heterocycles. The van der Waals surface area contributed by atoms with Gasteiger partial charge in [-0.2, -0.15) is 10.5 Å². The number of aromatic nitrogens is 2. The Morgan fingerprint density at radius 3 is 1.72 bits per heavy atom. The van der Waals surface area contributed by atoms with Gasteiger partial charge in [0.15, 0.2) is 11.4 Å². The topological polar surface area (TPSA) is 66.2 Å². The van der Waals surface area contributed by atoms with Crippen LogP contribution in [0, 0.1) is 35.8 Å². The van der Waals surface area contributed by atoms with Crippen molar-refractivity contribution in [1.82, 2.24) is 9.13 Å². The summed E-state index contributed by atoms with van der Waals surface area (Å²) in [6.07, 6.45) is 0. The van der Waals surface area contributed by atoms with Crippen LogP contribution in [0.4, 0.5) is 11.4 Å². The Balaban J connectivity index is 1.27. The van der Waals surface area contributed by atoms with Gasteiger partial charge in [0.1, 0.15) is 0 Å². The van der Waals surface area contributed by atoms with E-state index in [1.807, 2.05) is 66.7 Å². The van der Waals surface area contributed by atoms with Crippen LogP contribution < -0.4 is 16.4 Å². The summed E-state index contributed by atoms with van der Waals surface area (Å²) in [5, 5.41) is 29.7. The molecule has 274 valence electrons. The van der Waals surface area contributed by atoms with Gasteiger partial charge in [-0.25, -0.2) is 9.69 Å². The van der Waals surface area contributed by atoms with Crippen molar-refractivity contribution in [1.29, 1.82) is 10.5 Å². The smallest absolute Gasteiger partial charge is 0.252 e. The number of hydrogen-bond acceptors (Lipinski definition) is 2. The zero-order valence-corrected chi connectivity index (χ0v) is 32.2. The highest BCUT2D eigenvalue weighted by atomic mass is 15.0. The van der Waals surface area contributed by atoms with E-state index >= 15 is 0 Å². The Hall–Kier alpha value is -8.88. The summed E-state index contributed by atoms with van der Waals surface area (Å²) in [5.41, 5.74) is 14.6. The molecule has 0 unspecified atom stereocenters. The predicted octanol–water partition coefficient (Wildman–Crippen LogP) is 11.5. The third-order valence-corrected chi connectivity index (χ3v) is 13.1. The van der Waals surface area contributed by atoms with Crippen molar-refractivity contribution in [2.75, 3.05) is 0 Å². The van der Waals surface area contributed by atoms with Crippen LogP contribution in [-0.2, 0) is 0 Å². The van der Waals surface area contributed by atoms with Gasteiger partial charge in [0.2, 0.25) is 0 Å². The number of hydrogen-bond donors (Lipinski definition) is 0. The maximum atomic E-state index is 10.9. The second-order valence-corrected chi connectivity index (χ2v) is 16.0. The normalized spacial score (nSPS) is 12.2. The molecule has 0 bridgehead atoms. The summed E-state index contributed by atoms with van der Waals surface area (Å²) < 4.78 is 4.73. The molecule has 0 atom stereocenters. The molecule has 0 spiro atoms. The Morgan fingerprint density at radius 2 is 1.11 bits per heavy atom. The van der Waals surface area contributed by atoms with E-state index in [1.54, 1.807) is 0 Å². The van der Waals surface area contributed by atoms with Crippen molar-refractivity contribution >= 4 is 99.6 Å². The van der Waals surface area contributed by atoms with Crippen molar-refractivity contribution in [2.45, 2.75) is 0 Å². The van der Waals surface area contributed by atoms with Crippen LogP contribution in [0.25, 0.3) is 108 Å². The van der Waals surface area contributed by atoms with Gasteiger partial charge in [-0.05, 0) is 115 Å². The van der Waals surface area contributed by atoms with E-state index in [0.717, 1.165) is 98.7 Å². The average molecular weight is 769 g/mol. The minimum atomic E-state index is -0.195. The fraction of sp³-hybridized carbons (Fsp3) is 0. The number of rotatable bonds is 2. The van der Waals surface area contributed by atoms with E-state index in [-0.39, 0.29) is 6.71 Å². The highest BCUT2D eigenvalue weighted by Crippen LogP contribution is 2.46. The third-order valence-electron chi connectivity index (χ3n) is 13.1. The second kappa shape index (κ2) is 11.8. The Bertz CT molecular complexity index is 3810. The molecule has 0 aliphatic carbocycles. The Kier molecular flexibility index (Phi) is 6.44. The lowest BCUT2D eigenvalue weighted by atomic mass is 9.34. The Labute approximate surface area is 349 Å². The predicted molar refractivity (Wildman–Crippen MR) is 248 cm³/mol. The molecule has 0 N–H and O–H groups in total. The van der Waals surface area contributed by atoms with Crippen LogP contribution in [0.5, 0.6) is 0 Å². The summed E-state index contributed by atoms with van der Waals surface area (Å²) in [5.74, 6) is 0. The van der Waals surface area contributed by atoms with Gasteiger partial charge >= 0.3 is 0 Å². The van der Waals surface area contributed by atoms with Crippen molar-refractivity contribution in [3.8, 4) is 45.8 Å². The molecule has 13 rings (SSSR count). The van der Waals surface area contributed by atoms with Crippen LogP contribution in [0.15, 0.2) is 152 Å². The van der Waals surface area contributed by atoms with Crippen molar-refractivity contribution in [3.63, 3.8) is 0 Å². The maximum Gasteiger partial charge on any atom is 0.252 e. The molecule has 9 aromatic carbocycles. The summed E-state index contributed by atoms with van der Waals surface area (Å²) >= 11 is 0. The quantitative estimate of drug-likeness (QED) is 0.130. The van der Waals surface area contributed by atoms with E-state index in [4.69, 9.17) is 13.1 Å². The van der Waals surface area contributed by atoms with E-state index < -0.39 is 0 Å². The number of nitrogens with zero attached hydrogens (tertiary/aromatic N) is 6. The molecular formula is C54H25BN6. The van der Waals surface area contributed by atoms with Crippen LogP contribution in [0.2, 0.25) is 0 Å². The Morgan fingerprint density at radius 1 is 0.508 bits per heavy atom. The number of nitriles is 2. The van der Waals surface area contributed by atoms with E-state index in [1.165, 1.54) is 10.9 Å². The third kappa shape index (κ3) is 4.21. The first-order valence-corrected chi connectivity index (χ1v) is 20.1. The molecule has 0 amide bonds. The molecule has 2 aliphatic rings. The minimum Gasteiger partial charge on any atom is -0.310 e. The zero-order valence-electron chi connectivity index (χ0n) is 32.2. The molecule has 0 radical (unpaired) electrons. The van der Waals surface area contributed by atoms with Crippen LogP contribution in [-0.4, -0.2) is 15.8 Å². The largest absolute Gasteiger partial charge is 0.310 e. The standard InChI is InChI=1S/C54H25BN6/c1-58-37-17-19-46-41(27-37)51-39-15-9-7-13-33(39)23-43-54(51)61(46)48-26-35(49-36(29-57)21-34(24-44(49)59-2)31-10-4-3-5-11-31)25-47-52(48)55(43)42-22-32-12-6-8-14-38(32)50-40-20-30(28-56)16-18-45(40)60(47)53(42)50/h3-27H. The van der Waals surface area contributed by atoms with Crippen LogP contribution in [0.3, 0.4) is 0 Å². The highest BCUT2D eigenvalue weighted by molar-refractivity contribution is 7.00. The zero-order chi connectivity index (χ0) is 40.7. The van der Waals surface area contributed by atoms with Gasteiger partial charge in [-0.15, -0.1) is 0 Å². The fourth-order valence-corrected chi connectivity index (χ4v) is 10.7. The first-order chi connectivity index (χ1) is 30.1. The van der Waals surface area contributed by atoms with Crippen molar-refractivity contribution in [3.05, 3.63) is 186 Å². The first kappa shape index (κ1) is 33.1. The monoisotopic (exact) mass is 768 g/mol. The van der Waals surface area contributed by atoms with Gasteiger partial charge in [-0.1, -0.05) is 97.1 Å². The lowest BCUT2D eigenvalue weighted by Gasteiger charge is -2.35. The van der Waals surface area contributed by atoms with E-state index in [2.05, 4.69) is 116 Å². The molecule has 11 aromatic rings. The van der Waals surface area contributed by atoms with E-state index in [9.17, 15) is 10.5 Å². The molecule has 4 heterocycles. The van der Waals surface area contributed by atoms with Crippen molar-refractivity contribution < 1.29 is 0 Å². The first-order valence-electron chi connectivity index (χ1n) is 20.1. The lowest BCUT2D eigenvalue weighted by molar-refractivity contribution is 1.14. The lowest BCUT2D eigenvalue weighted by Crippen LogP contribution is -2.59. The fourth-order valence-electron chi connectivity index (χ4n) is 10.7. The van der Waals surface area contributed by atoms with Crippen molar-refractivity contribution in [2.24, 2.45) is 0 Å². The van der Waals surface area contributed by atoms with Gasteiger partial charge in [0.25, 0.3) is 6.71 Å². The summed E-state index contributed by atoms with van der Waals surface area (Å²) in [6, 6.07) is 56.6. The summed E-state index contributed by atoms with van der Waals surface area (Å²) in [4.78, 5) is 7.98. The van der Waals surface area contributed by atoms with Gasteiger partial charge in [0, 0.05) is 44.2 Å². The average Bonchev–Trinajstić information content (AvgIpc) is 3.85. The molecule has 0 saturated carbocycles. The molecule has 61 heavy (non-hydrogen) atoms. The van der Waals surface area contributed by atoms with E-state index in [0.29, 0.717) is 28.1 Å². The molecule has 6 nitrogen and oxygen atoms in total. The molecule has 2 aromatic heterocycles. The van der Waals surface area contributed by atoms with Crippen LogP contribution in [0.1, 0.15) is 11.1 Å².